The SMILES string of the molecule is c1ccc(-n2c3ccccc3c3ccc4c5cc6sc7ccccc7c6cc5n5cc6ccccc6c5c4c32)cc1. The monoisotopic (exact) mass is 538 g/mol. The second kappa shape index (κ2) is 7.75. The molecule has 0 bridgehead atoms. The van der Waals surface area contributed by atoms with E-state index in [0.29, 0.717) is 0 Å². The van der Waals surface area contributed by atoms with Gasteiger partial charge < -0.3 is 8.97 Å². The molecule has 6 aromatic carbocycles. The maximum atomic E-state index is 2.47. The molecule has 0 spiro atoms. The van der Waals surface area contributed by atoms with Gasteiger partial charge in [0.05, 0.1) is 22.1 Å². The van der Waals surface area contributed by atoms with Gasteiger partial charge in [-0.1, -0.05) is 91.0 Å². The fourth-order valence-electron chi connectivity index (χ4n) is 7.15. The highest BCUT2D eigenvalue weighted by atomic mass is 32.1. The minimum absolute atomic E-state index is 1.18. The van der Waals surface area contributed by atoms with Gasteiger partial charge in [-0.3, -0.25) is 0 Å². The van der Waals surface area contributed by atoms with Crippen molar-refractivity contribution in [2.45, 2.75) is 0 Å². The van der Waals surface area contributed by atoms with Crippen molar-refractivity contribution in [3.63, 3.8) is 0 Å². The van der Waals surface area contributed by atoms with Gasteiger partial charge in [-0.2, -0.15) is 0 Å². The summed E-state index contributed by atoms with van der Waals surface area (Å²) in [5, 5.41) is 11.7. The molecule has 10 rings (SSSR count). The normalized spacial score (nSPS) is 12.4. The van der Waals surface area contributed by atoms with Crippen molar-refractivity contribution in [1.82, 2.24) is 8.97 Å². The highest BCUT2D eigenvalue weighted by molar-refractivity contribution is 7.25. The molecule has 0 fully saturated rings. The Morgan fingerprint density at radius 1 is 0.439 bits per heavy atom. The number of hydrogen-bond acceptors (Lipinski definition) is 1. The lowest BCUT2D eigenvalue weighted by Gasteiger charge is -2.14. The van der Waals surface area contributed by atoms with Crippen LogP contribution in [0.3, 0.4) is 0 Å². The van der Waals surface area contributed by atoms with E-state index >= 15 is 0 Å². The van der Waals surface area contributed by atoms with Crippen LogP contribution in [0.4, 0.5) is 0 Å². The highest BCUT2D eigenvalue weighted by Crippen LogP contribution is 2.45. The van der Waals surface area contributed by atoms with E-state index in [9.17, 15) is 0 Å². The van der Waals surface area contributed by atoms with E-state index in [1.54, 1.807) is 0 Å². The van der Waals surface area contributed by atoms with Crippen molar-refractivity contribution in [3.8, 4) is 5.69 Å². The van der Waals surface area contributed by atoms with E-state index in [1.807, 2.05) is 11.3 Å². The van der Waals surface area contributed by atoms with Gasteiger partial charge in [-0.15, -0.1) is 11.3 Å². The van der Waals surface area contributed by atoms with Gasteiger partial charge in [0, 0.05) is 64.4 Å². The number of hydrogen-bond donors (Lipinski definition) is 0. The Labute approximate surface area is 238 Å². The molecule has 4 aromatic heterocycles. The molecule has 0 radical (unpaired) electrons. The fourth-order valence-corrected chi connectivity index (χ4v) is 8.27. The van der Waals surface area contributed by atoms with Gasteiger partial charge in [0.15, 0.2) is 0 Å². The molecule has 0 aliphatic carbocycles. The van der Waals surface area contributed by atoms with Crippen LogP contribution < -0.4 is 0 Å². The van der Waals surface area contributed by atoms with E-state index in [2.05, 4.69) is 143 Å². The molecule has 41 heavy (non-hydrogen) atoms. The first kappa shape index (κ1) is 21.7. The topological polar surface area (TPSA) is 9.34 Å². The average molecular weight is 539 g/mol. The zero-order valence-corrected chi connectivity index (χ0v) is 22.8. The summed E-state index contributed by atoms with van der Waals surface area (Å²) in [6.45, 7) is 0. The van der Waals surface area contributed by atoms with E-state index in [0.717, 1.165) is 0 Å². The quantitative estimate of drug-likeness (QED) is 0.184. The average Bonchev–Trinajstić information content (AvgIpc) is 3.70. The number of rotatable bonds is 1. The first-order valence-electron chi connectivity index (χ1n) is 14.0. The highest BCUT2D eigenvalue weighted by Gasteiger charge is 2.21. The van der Waals surface area contributed by atoms with Crippen molar-refractivity contribution in [1.29, 1.82) is 0 Å². The van der Waals surface area contributed by atoms with Crippen molar-refractivity contribution in [2.75, 3.05) is 0 Å². The minimum Gasteiger partial charge on any atom is -0.315 e. The Hall–Kier alpha value is -5.12. The third-order valence-electron chi connectivity index (χ3n) is 8.86. The van der Waals surface area contributed by atoms with Crippen molar-refractivity contribution in [2.24, 2.45) is 0 Å². The van der Waals surface area contributed by atoms with Gasteiger partial charge in [0.1, 0.15) is 0 Å². The Balaban J connectivity index is 1.54. The third-order valence-corrected chi connectivity index (χ3v) is 9.99. The fraction of sp³-hybridized carbons (Fsp3) is 0. The number of nitrogens with zero attached hydrogens (tertiary/aromatic N) is 2. The predicted molar refractivity (Wildman–Crippen MR) is 177 cm³/mol. The second-order valence-corrected chi connectivity index (χ2v) is 12.1. The summed E-state index contributed by atoms with van der Waals surface area (Å²) in [4.78, 5) is 0. The maximum absolute atomic E-state index is 2.47. The van der Waals surface area contributed by atoms with Crippen LogP contribution in [0.25, 0.3) is 85.6 Å². The van der Waals surface area contributed by atoms with Gasteiger partial charge in [0.25, 0.3) is 0 Å². The van der Waals surface area contributed by atoms with Gasteiger partial charge in [0.2, 0.25) is 0 Å². The van der Waals surface area contributed by atoms with Gasteiger partial charge >= 0.3 is 0 Å². The summed E-state index contributed by atoms with van der Waals surface area (Å²) in [6, 6.07) is 46.8. The van der Waals surface area contributed by atoms with Crippen LogP contribution in [0.2, 0.25) is 0 Å². The maximum Gasteiger partial charge on any atom is 0.0641 e. The lowest BCUT2D eigenvalue weighted by molar-refractivity contribution is 1.19. The Morgan fingerprint density at radius 2 is 1.17 bits per heavy atom. The van der Waals surface area contributed by atoms with E-state index in [4.69, 9.17) is 0 Å². The summed E-state index contributed by atoms with van der Waals surface area (Å²) in [5.74, 6) is 0. The first-order valence-corrected chi connectivity index (χ1v) is 14.8. The zero-order valence-electron chi connectivity index (χ0n) is 22.0. The molecule has 0 aliphatic rings. The Bertz CT molecular complexity index is 2690. The standard InChI is InChI=1S/C38H22N2S/c1-2-11-24(12-3-1)40-32-16-8-6-14-26(32)29-19-18-28-30-21-35-31(27-15-7-9-17-34(27)41-35)20-33(30)39-22-23-10-4-5-13-25(23)37(39)36(28)38(29)40/h1-22H. The third kappa shape index (κ3) is 2.76. The molecule has 0 atom stereocenters. The number of pyridine rings is 1. The van der Waals surface area contributed by atoms with Crippen LogP contribution in [-0.2, 0) is 0 Å². The molecular weight excluding hydrogens is 516 g/mol. The van der Waals surface area contributed by atoms with Crippen molar-refractivity contribution in [3.05, 3.63) is 134 Å². The summed E-state index contributed by atoms with van der Waals surface area (Å²) >= 11 is 1.89. The summed E-state index contributed by atoms with van der Waals surface area (Å²) < 4.78 is 7.60. The molecule has 0 saturated heterocycles. The van der Waals surface area contributed by atoms with Crippen LogP contribution in [0.1, 0.15) is 0 Å². The van der Waals surface area contributed by atoms with Crippen LogP contribution in [0.15, 0.2) is 134 Å². The van der Waals surface area contributed by atoms with E-state index in [1.165, 1.54) is 85.6 Å². The molecule has 4 heterocycles. The largest absolute Gasteiger partial charge is 0.315 e. The number of benzene rings is 6. The smallest absolute Gasteiger partial charge is 0.0641 e. The molecule has 0 N–H and O–H groups in total. The Morgan fingerprint density at radius 3 is 2.07 bits per heavy atom. The molecule has 3 heteroatoms. The summed E-state index contributed by atoms with van der Waals surface area (Å²) in [6.07, 6.45) is 2.33. The first-order chi connectivity index (χ1) is 20.3. The lowest BCUT2D eigenvalue weighted by Crippen LogP contribution is -1.96. The summed E-state index contributed by atoms with van der Waals surface area (Å²) in [7, 11) is 0. The van der Waals surface area contributed by atoms with Gasteiger partial charge in [-0.25, -0.2) is 0 Å². The zero-order chi connectivity index (χ0) is 26.7. The molecule has 190 valence electrons. The van der Waals surface area contributed by atoms with Crippen molar-refractivity contribution < 1.29 is 0 Å². The molecular formula is C38H22N2S. The molecule has 10 aromatic rings. The number of fused-ring (bicyclic) bond motifs is 15. The van der Waals surface area contributed by atoms with Crippen LogP contribution in [-0.4, -0.2) is 8.97 Å². The number of aromatic nitrogens is 2. The van der Waals surface area contributed by atoms with Crippen LogP contribution in [0, 0.1) is 0 Å². The number of thiophene rings is 1. The lowest BCUT2D eigenvalue weighted by atomic mass is 9.99. The molecule has 0 unspecified atom stereocenters. The second-order valence-electron chi connectivity index (χ2n) is 11.0. The van der Waals surface area contributed by atoms with Crippen LogP contribution in [0.5, 0.6) is 0 Å². The molecule has 0 aliphatic heterocycles. The predicted octanol–water partition coefficient (Wildman–Crippen LogP) is 10.9. The number of para-hydroxylation sites is 2. The van der Waals surface area contributed by atoms with E-state index in [-0.39, 0.29) is 0 Å². The van der Waals surface area contributed by atoms with Gasteiger partial charge in [-0.05, 0) is 41.8 Å². The summed E-state index contributed by atoms with van der Waals surface area (Å²) in [5.41, 5.74) is 6.20. The van der Waals surface area contributed by atoms with Crippen LogP contribution >= 0.6 is 11.3 Å². The minimum atomic E-state index is 1.18. The molecule has 0 saturated carbocycles. The molecule has 0 amide bonds. The van der Waals surface area contributed by atoms with Crippen molar-refractivity contribution >= 4 is 91.3 Å². The van der Waals surface area contributed by atoms with E-state index < -0.39 is 0 Å². The Kier molecular flexibility index (Phi) is 4.10. The molecule has 2 nitrogen and oxygen atoms in total.